The Morgan fingerprint density at radius 2 is 1.94 bits per heavy atom. The van der Waals surface area contributed by atoms with Crippen LogP contribution in [0.3, 0.4) is 0 Å². The van der Waals surface area contributed by atoms with E-state index in [0.717, 1.165) is 18.4 Å². The van der Waals surface area contributed by atoms with Crippen molar-refractivity contribution in [3.63, 3.8) is 0 Å². The van der Waals surface area contributed by atoms with Gasteiger partial charge in [0.2, 0.25) is 0 Å². The molecule has 0 amide bonds. The molecule has 0 heterocycles. The monoisotopic (exact) mass is 273 g/mol. The van der Waals surface area contributed by atoms with Crippen molar-refractivity contribution in [1.82, 2.24) is 5.32 Å². The first-order chi connectivity index (χ1) is 8.15. The molecule has 0 unspecified atom stereocenters. The summed E-state index contributed by atoms with van der Waals surface area (Å²) in [6.07, 6.45) is 4.41. The van der Waals surface area contributed by atoms with Crippen LogP contribution in [0.15, 0.2) is 18.2 Å². The lowest BCUT2D eigenvalue weighted by molar-refractivity contribution is 0.163. The van der Waals surface area contributed by atoms with Crippen molar-refractivity contribution < 1.29 is 5.11 Å². The molecule has 2 rings (SSSR count). The van der Waals surface area contributed by atoms with Gasteiger partial charge in [-0.3, -0.25) is 0 Å². The minimum absolute atomic E-state index is 0.119. The number of nitrogens with one attached hydrogen (secondary N) is 1. The summed E-state index contributed by atoms with van der Waals surface area (Å²) < 4.78 is 0. The van der Waals surface area contributed by atoms with Crippen molar-refractivity contribution >= 4 is 23.2 Å². The molecular weight excluding hydrogens is 257 g/mol. The second-order valence-electron chi connectivity index (χ2n) is 4.73. The van der Waals surface area contributed by atoms with E-state index in [9.17, 15) is 5.11 Å². The quantitative estimate of drug-likeness (QED) is 0.882. The van der Waals surface area contributed by atoms with E-state index >= 15 is 0 Å². The molecule has 0 atom stereocenters. The lowest BCUT2D eigenvalue weighted by atomic mass is 9.98. The lowest BCUT2D eigenvalue weighted by Gasteiger charge is -2.28. The fourth-order valence-corrected chi connectivity index (χ4v) is 2.78. The highest BCUT2D eigenvalue weighted by atomic mass is 35.5. The van der Waals surface area contributed by atoms with Crippen molar-refractivity contribution in [1.29, 1.82) is 0 Å². The average molecular weight is 274 g/mol. The Morgan fingerprint density at radius 1 is 1.24 bits per heavy atom. The van der Waals surface area contributed by atoms with Crippen LogP contribution in [0.1, 0.15) is 31.2 Å². The molecule has 1 saturated carbocycles. The predicted molar refractivity (Wildman–Crippen MR) is 71.6 cm³/mol. The summed E-state index contributed by atoms with van der Waals surface area (Å²) in [5, 5.41) is 14.3. The molecule has 0 saturated heterocycles. The van der Waals surface area contributed by atoms with Crippen molar-refractivity contribution in [2.75, 3.05) is 6.61 Å². The van der Waals surface area contributed by atoms with Gasteiger partial charge < -0.3 is 10.4 Å². The molecule has 2 nitrogen and oxygen atoms in total. The zero-order valence-corrected chi connectivity index (χ0v) is 11.2. The van der Waals surface area contributed by atoms with E-state index in [1.165, 1.54) is 12.8 Å². The maximum absolute atomic E-state index is 9.50. The van der Waals surface area contributed by atoms with Crippen LogP contribution >= 0.6 is 23.2 Å². The molecule has 0 radical (unpaired) electrons. The molecule has 0 spiro atoms. The van der Waals surface area contributed by atoms with E-state index in [2.05, 4.69) is 5.32 Å². The lowest BCUT2D eigenvalue weighted by Crippen LogP contribution is -2.45. The van der Waals surface area contributed by atoms with Crippen LogP contribution in [0.4, 0.5) is 0 Å². The molecule has 0 aromatic heterocycles. The SMILES string of the molecule is OCC1(NCc2cc(Cl)ccc2Cl)CCCC1. The van der Waals surface area contributed by atoms with Crippen molar-refractivity contribution in [2.45, 2.75) is 37.8 Å². The Morgan fingerprint density at radius 3 is 2.59 bits per heavy atom. The maximum Gasteiger partial charge on any atom is 0.0613 e. The van der Waals surface area contributed by atoms with Crippen molar-refractivity contribution in [2.24, 2.45) is 0 Å². The Balaban J connectivity index is 2.03. The summed E-state index contributed by atoms with van der Waals surface area (Å²) >= 11 is 12.1. The highest BCUT2D eigenvalue weighted by Crippen LogP contribution is 2.30. The molecule has 1 aliphatic carbocycles. The Labute approximate surface area is 112 Å². The van der Waals surface area contributed by atoms with Crippen molar-refractivity contribution in [3.05, 3.63) is 33.8 Å². The number of halogens is 2. The molecule has 1 aromatic rings. The average Bonchev–Trinajstić information content (AvgIpc) is 2.80. The van der Waals surface area contributed by atoms with Gasteiger partial charge in [-0.2, -0.15) is 0 Å². The van der Waals surface area contributed by atoms with Gasteiger partial charge in [0, 0.05) is 22.1 Å². The molecule has 94 valence electrons. The second kappa shape index (κ2) is 5.57. The number of benzene rings is 1. The zero-order chi connectivity index (χ0) is 12.3. The summed E-state index contributed by atoms with van der Waals surface area (Å²) in [6.45, 7) is 0.838. The van der Waals surface area contributed by atoms with Gasteiger partial charge in [-0.1, -0.05) is 36.0 Å². The first-order valence-corrected chi connectivity index (χ1v) is 6.71. The third-order valence-electron chi connectivity index (χ3n) is 3.52. The van der Waals surface area contributed by atoms with Gasteiger partial charge in [-0.25, -0.2) is 0 Å². The van der Waals surface area contributed by atoms with Crippen LogP contribution in [0.2, 0.25) is 10.0 Å². The normalized spacial score (nSPS) is 18.5. The fraction of sp³-hybridized carbons (Fsp3) is 0.538. The molecule has 4 heteroatoms. The topological polar surface area (TPSA) is 32.3 Å². The largest absolute Gasteiger partial charge is 0.394 e. The van der Waals surface area contributed by atoms with Crippen LogP contribution in [-0.2, 0) is 6.54 Å². The first-order valence-electron chi connectivity index (χ1n) is 5.95. The number of aliphatic hydroxyl groups excluding tert-OH is 1. The predicted octanol–water partition coefficient (Wildman–Crippen LogP) is 3.39. The highest BCUT2D eigenvalue weighted by Gasteiger charge is 2.32. The number of hydrogen-bond donors (Lipinski definition) is 2. The molecule has 0 bridgehead atoms. The summed E-state index contributed by atoms with van der Waals surface area (Å²) in [5.74, 6) is 0. The van der Waals surface area contributed by atoms with Gasteiger partial charge in [-0.15, -0.1) is 0 Å². The molecule has 1 aromatic carbocycles. The summed E-state index contributed by atoms with van der Waals surface area (Å²) in [5.41, 5.74) is 0.866. The summed E-state index contributed by atoms with van der Waals surface area (Å²) in [4.78, 5) is 0. The fourth-order valence-electron chi connectivity index (χ4n) is 2.40. The number of hydrogen-bond acceptors (Lipinski definition) is 2. The zero-order valence-electron chi connectivity index (χ0n) is 9.68. The van der Waals surface area contributed by atoms with Crippen LogP contribution < -0.4 is 5.32 Å². The van der Waals surface area contributed by atoms with Gasteiger partial charge in [0.15, 0.2) is 0 Å². The van der Waals surface area contributed by atoms with Gasteiger partial charge in [0.05, 0.1) is 6.61 Å². The third-order valence-corrected chi connectivity index (χ3v) is 4.13. The second-order valence-corrected chi connectivity index (χ2v) is 5.58. The van der Waals surface area contributed by atoms with E-state index < -0.39 is 0 Å². The highest BCUT2D eigenvalue weighted by molar-refractivity contribution is 6.33. The Kier molecular flexibility index (Phi) is 4.31. The van der Waals surface area contributed by atoms with Crippen LogP contribution in [-0.4, -0.2) is 17.3 Å². The Hall–Kier alpha value is -0.280. The Bertz CT molecular complexity index is 389. The first kappa shape index (κ1) is 13.2. The standard InChI is InChI=1S/C13H17Cl2NO/c14-11-3-4-12(15)10(7-11)8-16-13(9-17)5-1-2-6-13/h3-4,7,16-17H,1-2,5-6,8-9H2. The molecule has 17 heavy (non-hydrogen) atoms. The summed E-state index contributed by atoms with van der Waals surface area (Å²) in [7, 11) is 0. The van der Waals surface area contributed by atoms with Gasteiger partial charge in [0.1, 0.15) is 0 Å². The van der Waals surface area contributed by atoms with Gasteiger partial charge in [0.25, 0.3) is 0 Å². The van der Waals surface area contributed by atoms with E-state index in [4.69, 9.17) is 23.2 Å². The summed E-state index contributed by atoms with van der Waals surface area (Å²) in [6, 6.07) is 5.46. The molecular formula is C13H17Cl2NO. The van der Waals surface area contributed by atoms with Crippen LogP contribution in [0, 0.1) is 0 Å². The minimum Gasteiger partial charge on any atom is -0.394 e. The number of aliphatic hydroxyl groups is 1. The number of rotatable bonds is 4. The van der Waals surface area contributed by atoms with Crippen LogP contribution in [0.5, 0.6) is 0 Å². The van der Waals surface area contributed by atoms with Gasteiger partial charge in [-0.05, 0) is 36.6 Å². The minimum atomic E-state index is -0.119. The van der Waals surface area contributed by atoms with E-state index in [-0.39, 0.29) is 12.1 Å². The van der Waals surface area contributed by atoms with E-state index in [0.29, 0.717) is 16.6 Å². The third kappa shape index (κ3) is 3.14. The molecule has 1 aliphatic rings. The van der Waals surface area contributed by atoms with Crippen molar-refractivity contribution in [3.8, 4) is 0 Å². The van der Waals surface area contributed by atoms with E-state index in [1.807, 2.05) is 6.07 Å². The molecule has 2 N–H and O–H groups in total. The van der Waals surface area contributed by atoms with Gasteiger partial charge >= 0.3 is 0 Å². The van der Waals surface area contributed by atoms with E-state index in [1.54, 1.807) is 12.1 Å². The maximum atomic E-state index is 9.50. The molecule has 0 aliphatic heterocycles. The molecule has 1 fully saturated rings. The van der Waals surface area contributed by atoms with Crippen LogP contribution in [0.25, 0.3) is 0 Å². The smallest absolute Gasteiger partial charge is 0.0613 e.